The van der Waals surface area contributed by atoms with Crippen LogP contribution in [0.25, 0.3) is 31.7 Å². The number of aromatic carboxylic acids is 1. The van der Waals surface area contributed by atoms with Crippen LogP contribution in [-0.2, 0) is 12.7 Å². The van der Waals surface area contributed by atoms with E-state index in [0.29, 0.717) is 27.0 Å². The molecule has 0 aliphatic rings. The highest BCUT2D eigenvalue weighted by atomic mass is 32.1. The molecule has 0 unspecified atom stereocenters. The molecule has 0 atom stereocenters. The Balaban J connectivity index is 1.74. The molecule has 32 heavy (non-hydrogen) atoms. The number of thiazole rings is 1. The van der Waals surface area contributed by atoms with E-state index < -0.39 is 17.7 Å². The van der Waals surface area contributed by atoms with Gasteiger partial charge in [0.15, 0.2) is 0 Å². The number of nitrogens with zero attached hydrogens (tertiary/aromatic N) is 2. The number of carboxylic acids is 1. The Morgan fingerprint density at radius 2 is 1.75 bits per heavy atom. The largest absolute Gasteiger partial charge is 0.477 e. The molecule has 5 rings (SSSR count). The third-order valence-electron chi connectivity index (χ3n) is 5.28. The number of halogens is 3. The first kappa shape index (κ1) is 20.3. The number of para-hydroxylation sites is 2. The predicted molar refractivity (Wildman–Crippen MR) is 118 cm³/mol. The van der Waals surface area contributed by atoms with Crippen molar-refractivity contribution >= 4 is 38.4 Å². The van der Waals surface area contributed by atoms with E-state index in [-0.39, 0.29) is 12.2 Å². The highest BCUT2D eigenvalue weighted by Gasteiger charge is 2.31. The topological polar surface area (TPSA) is 55.1 Å². The number of benzene rings is 3. The lowest BCUT2D eigenvalue weighted by molar-refractivity contribution is -0.137. The summed E-state index contributed by atoms with van der Waals surface area (Å²) in [6, 6.07) is 19.6. The maximum Gasteiger partial charge on any atom is 0.416 e. The Hall–Kier alpha value is -3.65. The molecule has 2 aromatic heterocycles. The van der Waals surface area contributed by atoms with Gasteiger partial charge in [0, 0.05) is 17.4 Å². The molecule has 0 aliphatic carbocycles. The minimum atomic E-state index is -4.48. The van der Waals surface area contributed by atoms with Crippen molar-refractivity contribution in [1.29, 1.82) is 0 Å². The molecule has 0 aliphatic heterocycles. The molecule has 0 bridgehead atoms. The van der Waals surface area contributed by atoms with Gasteiger partial charge in [-0.05, 0) is 35.9 Å². The van der Waals surface area contributed by atoms with E-state index in [9.17, 15) is 23.1 Å². The summed E-state index contributed by atoms with van der Waals surface area (Å²) in [6.07, 6.45) is -4.48. The molecule has 0 saturated carbocycles. The van der Waals surface area contributed by atoms with E-state index in [1.807, 2.05) is 30.3 Å². The molecule has 0 radical (unpaired) electrons. The van der Waals surface area contributed by atoms with Crippen molar-refractivity contribution in [1.82, 2.24) is 9.55 Å². The van der Waals surface area contributed by atoms with Crippen LogP contribution in [0.2, 0.25) is 0 Å². The molecule has 160 valence electrons. The maximum absolute atomic E-state index is 13.2. The van der Waals surface area contributed by atoms with Crippen molar-refractivity contribution in [3.05, 3.63) is 89.6 Å². The molecule has 0 amide bonds. The third-order valence-corrected chi connectivity index (χ3v) is 6.33. The number of rotatable bonds is 4. The van der Waals surface area contributed by atoms with Crippen molar-refractivity contribution in [3.8, 4) is 10.6 Å². The molecule has 0 fully saturated rings. The number of carboxylic acid groups (broad SMARTS) is 1. The van der Waals surface area contributed by atoms with Gasteiger partial charge in [0.05, 0.1) is 21.3 Å². The zero-order chi connectivity index (χ0) is 22.5. The lowest BCUT2D eigenvalue weighted by Crippen LogP contribution is -2.11. The Bertz CT molecular complexity index is 1450. The van der Waals surface area contributed by atoms with Crippen molar-refractivity contribution in [3.63, 3.8) is 0 Å². The highest BCUT2D eigenvalue weighted by molar-refractivity contribution is 7.21. The molecule has 4 nitrogen and oxygen atoms in total. The number of fused-ring (bicyclic) bond motifs is 2. The first-order valence-corrected chi connectivity index (χ1v) is 10.5. The zero-order valence-electron chi connectivity index (χ0n) is 16.4. The summed E-state index contributed by atoms with van der Waals surface area (Å²) in [7, 11) is 0. The Labute approximate surface area is 184 Å². The normalized spacial score (nSPS) is 12.0. The van der Waals surface area contributed by atoms with Crippen LogP contribution in [0.5, 0.6) is 0 Å². The summed E-state index contributed by atoms with van der Waals surface area (Å²) in [4.78, 5) is 17.0. The Kier molecular flexibility index (Phi) is 4.74. The van der Waals surface area contributed by atoms with Crippen molar-refractivity contribution in [2.45, 2.75) is 12.7 Å². The number of hydrogen-bond donors (Lipinski definition) is 1. The molecule has 0 spiro atoms. The SMILES string of the molecule is O=C(O)c1c(-c2nc3ccccc3s2)c2ccccc2n1Cc1cccc(C(F)(F)F)c1. The molecule has 2 heterocycles. The van der Waals surface area contributed by atoms with Crippen LogP contribution in [0.4, 0.5) is 13.2 Å². The minimum absolute atomic E-state index is 0.00247. The molecule has 5 aromatic rings. The molecule has 1 N–H and O–H groups in total. The van der Waals surface area contributed by atoms with Crippen molar-refractivity contribution in [2.24, 2.45) is 0 Å². The lowest BCUT2D eigenvalue weighted by Gasteiger charge is -2.12. The molecule has 8 heteroatoms. The van der Waals surface area contributed by atoms with Gasteiger partial charge >= 0.3 is 12.1 Å². The van der Waals surface area contributed by atoms with E-state index in [2.05, 4.69) is 4.98 Å². The number of carbonyl (C=O) groups is 1. The van der Waals surface area contributed by atoms with E-state index in [1.54, 1.807) is 28.8 Å². The van der Waals surface area contributed by atoms with Gasteiger partial charge in [0.2, 0.25) is 0 Å². The summed E-state index contributed by atoms with van der Waals surface area (Å²) in [6.45, 7) is -0.0169. The van der Waals surface area contributed by atoms with Gasteiger partial charge in [-0.25, -0.2) is 9.78 Å². The van der Waals surface area contributed by atoms with Gasteiger partial charge in [-0.1, -0.05) is 42.5 Å². The first-order chi connectivity index (χ1) is 15.3. The van der Waals surface area contributed by atoms with Gasteiger partial charge in [0.1, 0.15) is 10.7 Å². The Morgan fingerprint density at radius 1 is 1.00 bits per heavy atom. The quantitative estimate of drug-likeness (QED) is 0.331. The second-order valence-corrected chi connectivity index (χ2v) is 8.35. The summed E-state index contributed by atoms with van der Waals surface area (Å²) in [5, 5.41) is 11.4. The van der Waals surface area contributed by atoms with E-state index in [4.69, 9.17) is 0 Å². The van der Waals surface area contributed by atoms with Crippen LogP contribution < -0.4 is 0 Å². The highest BCUT2D eigenvalue weighted by Crippen LogP contribution is 2.39. The van der Waals surface area contributed by atoms with Crippen LogP contribution in [0.15, 0.2) is 72.8 Å². The molecular weight excluding hydrogens is 437 g/mol. The van der Waals surface area contributed by atoms with Crippen molar-refractivity contribution < 1.29 is 23.1 Å². The monoisotopic (exact) mass is 452 g/mol. The van der Waals surface area contributed by atoms with E-state index >= 15 is 0 Å². The standard InChI is InChI=1S/C24H15F3N2O2S/c25-24(26,27)15-7-5-6-14(12-15)13-29-18-10-3-1-8-16(18)20(21(29)23(30)31)22-28-17-9-2-4-11-19(17)32-22/h1-12H,13H2,(H,30,31). The molecule has 0 saturated heterocycles. The number of aromatic nitrogens is 2. The van der Waals surface area contributed by atoms with Crippen LogP contribution in [0.1, 0.15) is 21.6 Å². The number of alkyl halides is 3. The van der Waals surface area contributed by atoms with Crippen LogP contribution in [0, 0.1) is 0 Å². The lowest BCUT2D eigenvalue weighted by atomic mass is 10.1. The second-order valence-electron chi connectivity index (χ2n) is 7.32. The van der Waals surface area contributed by atoms with E-state index in [1.165, 1.54) is 17.4 Å². The Morgan fingerprint density at radius 3 is 2.50 bits per heavy atom. The molecule has 3 aromatic carbocycles. The van der Waals surface area contributed by atoms with Crippen LogP contribution >= 0.6 is 11.3 Å². The summed E-state index contributed by atoms with van der Waals surface area (Å²) < 4.78 is 42.0. The van der Waals surface area contributed by atoms with Gasteiger partial charge in [0.25, 0.3) is 0 Å². The van der Waals surface area contributed by atoms with Gasteiger partial charge in [-0.3, -0.25) is 0 Å². The van der Waals surface area contributed by atoms with Crippen LogP contribution in [-0.4, -0.2) is 20.6 Å². The van der Waals surface area contributed by atoms with Gasteiger partial charge < -0.3 is 9.67 Å². The third kappa shape index (κ3) is 3.42. The molecular formula is C24H15F3N2O2S. The van der Waals surface area contributed by atoms with E-state index in [0.717, 1.165) is 22.3 Å². The summed E-state index contributed by atoms with van der Waals surface area (Å²) in [5.74, 6) is -1.16. The fraction of sp³-hybridized carbons (Fsp3) is 0.0833. The smallest absolute Gasteiger partial charge is 0.416 e. The second kappa shape index (κ2) is 7.49. The predicted octanol–water partition coefficient (Wildman–Crippen LogP) is 6.68. The summed E-state index contributed by atoms with van der Waals surface area (Å²) >= 11 is 1.39. The zero-order valence-corrected chi connectivity index (χ0v) is 17.2. The van der Waals surface area contributed by atoms with Crippen molar-refractivity contribution in [2.75, 3.05) is 0 Å². The van der Waals surface area contributed by atoms with Crippen LogP contribution in [0.3, 0.4) is 0 Å². The first-order valence-electron chi connectivity index (χ1n) is 9.69. The van der Waals surface area contributed by atoms with Gasteiger partial charge in [-0.2, -0.15) is 13.2 Å². The fourth-order valence-corrected chi connectivity index (χ4v) is 4.94. The number of hydrogen-bond acceptors (Lipinski definition) is 3. The maximum atomic E-state index is 13.2. The average Bonchev–Trinajstić information content (AvgIpc) is 3.32. The fourth-order valence-electron chi connectivity index (χ4n) is 3.91. The van der Waals surface area contributed by atoms with Gasteiger partial charge in [-0.15, -0.1) is 11.3 Å². The summed E-state index contributed by atoms with van der Waals surface area (Å²) in [5.41, 5.74) is 1.45. The minimum Gasteiger partial charge on any atom is -0.477 e. The average molecular weight is 452 g/mol.